The summed E-state index contributed by atoms with van der Waals surface area (Å²) in [5, 5.41) is 0.414. The second kappa shape index (κ2) is 6.17. The minimum Gasteiger partial charge on any atom is -0.494 e. The Balaban J connectivity index is 1.93. The monoisotopic (exact) mass is 322 g/mol. The van der Waals surface area contributed by atoms with Crippen LogP contribution in [0.5, 0.6) is 11.5 Å². The van der Waals surface area contributed by atoms with Gasteiger partial charge in [0.25, 0.3) is 0 Å². The smallest absolute Gasteiger partial charge is 0.127 e. The molecule has 0 fully saturated rings. The van der Waals surface area contributed by atoms with Crippen LogP contribution in [0.4, 0.5) is 0 Å². The molecule has 0 aliphatic carbocycles. The maximum atomic E-state index is 6.64. The van der Waals surface area contributed by atoms with Gasteiger partial charge in [-0.15, -0.1) is 11.6 Å². The Kier molecular flexibility index (Phi) is 4.27. The van der Waals surface area contributed by atoms with Gasteiger partial charge in [0.05, 0.1) is 18.6 Å². The standard InChI is InChI=1S/C17H16Cl2O2/c1-2-20-14-5-3-11(4-6-14)16(19)15-10-13(18)9-12-7-8-21-17(12)15/h3-6,9-10,16H,2,7-8H2,1H3. The highest BCUT2D eigenvalue weighted by atomic mass is 35.5. The molecule has 0 saturated heterocycles. The Hall–Kier alpha value is -1.38. The lowest BCUT2D eigenvalue weighted by molar-refractivity contribution is 0.340. The van der Waals surface area contributed by atoms with Crippen LogP contribution in [0.1, 0.15) is 29.0 Å². The number of rotatable bonds is 4. The van der Waals surface area contributed by atoms with Gasteiger partial charge in [-0.05, 0) is 42.3 Å². The molecule has 2 aromatic carbocycles. The maximum absolute atomic E-state index is 6.64. The van der Waals surface area contributed by atoms with Crippen LogP contribution in [0.25, 0.3) is 0 Å². The molecular weight excluding hydrogens is 307 g/mol. The predicted octanol–water partition coefficient (Wildman–Crippen LogP) is 5.00. The Morgan fingerprint density at radius 3 is 2.71 bits per heavy atom. The lowest BCUT2D eigenvalue weighted by Gasteiger charge is -2.15. The first-order valence-corrected chi connectivity index (χ1v) is 7.82. The van der Waals surface area contributed by atoms with E-state index in [-0.39, 0.29) is 5.38 Å². The summed E-state index contributed by atoms with van der Waals surface area (Å²) in [5.74, 6) is 1.73. The zero-order valence-electron chi connectivity index (χ0n) is 11.7. The molecule has 0 bridgehead atoms. The first kappa shape index (κ1) is 14.6. The summed E-state index contributed by atoms with van der Waals surface area (Å²) in [7, 11) is 0. The van der Waals surface area contributed by atoms with Gasteiger partial charge in [0.15, 0.2) is 0 Å². The highest BCUT2D eigenvalue weighted by Gasteiger charge is 2.23. The average Bonchev–Trinajstić information content (AvgIpc) is 2.95. The summed E-state index contributed by atoms with van der Waals surface area (Å²) in [6.07, 6.45) is 0.885. The topological polar surface area (TPSA) is 18.5 Å². The third kappa shape index (κ3) is 2.97. The Bertz CT molecular complexity index is 638. The number of halogens is 2. The molecule has 0 radical (unpaired) electrons. The van der Waals surface area contributed by atoms with Gasteiger partial charge < -0.3 is 9.47 Å². The molecule has 1 atom stereocenters. The third-order valence-corrected chi connectivity index (χ3v) is 4.24. The van der Waals surface area contributed by atoms with E-state index >= 15 is 0 Å². The minimum absolute atomic E-state index is 0.286. The van der Waals surface area contributed by atoms with E-state index in [9.17, 15) is 0 Å². The lowest BCUT2D eigenvalue weighted by Crippen LogP contribution is -1.98. The summed E-state index contributed by atoms with van der Waals surface area (Å²) in [6.45, 7) is 3.31. The largest absolute Gasteiger partial charge is 0.494 e. The van der Waals surface area contributed by atoms with E-state index < -0.39 is 0 Å². The Labute approximate surface area is 134 Å². The number of benzene rings is 2. The molecule has 21 heavy (non-hydrogen) atoms. The fourth-order valence-electron chi connectivity index (χ4n) is 2.57. The molecule has 0 spiro atoms. The second-order valence-corrected chi connectivity index (χ2v) is 5.82. The number of fused-ring (bicyclic) bond motifs is 1. The van der Waals surface area contributed by atoms with Crippen LogP contribution in [0.15, 0.2) is 36.4 Å². The van der Waals surface area contributed by atoms with Gasteiger partial charge >= 0.3 is 0 Å². The number of alkyl halides is 1. The van der Waals surface area contributed by atoms with Crippen LogP contribution in [-0.4, -0.2) is 13.2 Å². The van der Waals surface area contributed by atoms with E-state index in [1.54, 1.807) is 0 Å². The number of ether oxygens (including phenoxy) is 2. The molecular formula is C17H16Cl2O2. The lowest BCUT2D eigenvalue weighted by atomic mass is 10.0. The third-order valence-electron chi connectivity index (χ3n) is 3.53. The summed E-state index contributed by atoms with van der Waals surface area (Å²) in [5.41, 5.74) is 3.06. The molecule has 1 unspecified atom stereocenters. The highest BCUT2D eigenvalue weighted by Crippen LogP contribution is 2.41. The average molecular weight is 323 g/mol. The summed E-state index contributed by atoms with van der Waals surface area (Å²) < 4.78 is 11.2. The van der Waals surface area contributed by atoms with E-state index in [1.165, 1.54) is 0 Å². The number of hydrogen-bond donors (Lipinski definition) is 0. The molecule has 1 heterocycles. The molecule has 0 N–H and O–H groups in total. The van der Waals surface area contributed by atoms with Gasteiger partial charge in [-0.2, -0.15) is 0 Å². The Morgan fingerprint density at radius 2 is 2.00 bits per heavy atom. The van der Waals surface area contributed by atoms with E-state index in [1.807, 2.05) is 43.3 Å². The SMILES string of the molecule is CCOc1ccc(C(Cl)c2cc(Cl)cc3c2OCC3)cc1. The molecule has 110 valence electrons. The molecule has 1 aliphatic rings. The first-order valence-electron chi connectivity index (χ1n) is 7.01. The molecule has 0 amide bonds. The second-order valence-electron chi connectivity index (χ2n) is 4.95. The van der Waals surface area contributed by atoms with Crippen molar-refractivity contribution < 1.29 is 9.47 Å². The Morgan fingerprint density at radius 1 is 1.24 bits per heavy atom. The molecule has 0 saturated carbocycles. The van der Waals surface area contributed by atoms with Crippen LogP contribution in [0, 0.1) is 0 Å². The fraction of sp³-hybridized carbons (Fsp3) is 0.294. The summed E-state index contributed by atoms with van der Waals surface area (Å²) in [6, 6.07) is 11.7. The van der Waals surface area contributed by atoms with E-state index in [4.69, 9.17) is 32.7 Å². The summed E-state index contributed by atoms with van der Waals surface area (Å²) >= 11 is 12.8. The van der Waals surface area contributed by atoms with Crippen molar-refractivity contribution in [2.75, 3.05) is 13.2 Å². The van der Waals surface area contributed by atoms with Crippen molar-refractivity contribution in [3.63, 3.8) is 0 Å². The first-order chi connectivity index (χ1) is 10.2. The van der Waals surface area contributed by atoms with Crippen molar-refractivity contribution >= 4 is 23.2 Å². The zero-order chi connectivity index (χ0) is 14.8. The minimum atomic E-state index is -0.286. The van der Waals surface area contributed by atoms with Crippen LogP contribution in [0.2, 0.25) is 5.02 Å². The van der Waals surface area contributed by atoms with Crippen molar-refractivity contribution in [2.45, 2.75) is 18.7 Å². The van der Waals surface area contributed by atoms with Gasteiger partial charge in [0, 0.05) is 17.0 Å². The van der Waals surface area contributed by atoms with E-state index in [0.29, 0.717) is 18.2 Å². The van der Waals surface area contributed by atoms with Gasteiger partial charge in [-0.3, -0.25) is 0 Å². The molecule has 4 heteroatoms. The van der Waals surface area contributed by atoms with Crippen molar-refractivity contribution in [2.24, 2.45) is 0 Å². The molecule has 1 aliphatic heterocycles. The van der Waals surface area contributed by atoms with Gasteiger partial charge in [0.1, 0.15) is 11.5 Å². The van der Waals surface area contributed by atoms with Crippen molar-refractivity contribution in [3.05, 3.63) is 58.1 Å². The zero-order valence-corrected chi connectivity index (χ0v) is 13.2. The molecule has 2 aromatic rings. The van der Waals surface area contributed by atoms with E-state index in [2.05, 4.69) is 0 Å². The quantitative estimate of drug-likeness (QED) is 0.737. The highest BCUT2D eigenvalue weighted by molar-refractivity contribution is 6.31. The fourth-order valence-corrected chi connectivity index (χ4v) is 3.12. The van der Waals surface area contributed by atoms with Crippen LogP contribution < -0.4 is 9.47 Å². The van der Waals surface area contributed by atoms with Crippen molar-refractivity contribution in [1.29, 1.82) is 0 Å². The predicted molar refractivity (Wildman–Crippen MR) is 86.0 cm³/mol. The van der Waals surface area contributed by atoms with Crippen LogP contribution in [0.3, 0.4) is 0 Å². The van der Waals surface area contributed by atoms with Gasteiger partial charge in [-0.1, -0.05) is 23.7 Å². The summed E-state index contributed by atoms with van der Waals surface area (Å²) in [4.78, 5) is 0. The van der Waals surface area contributed by atoms with Crippen LogP contribution in [-0.2, 0) is 6.42 Å². The molecule has 0 aromatic heterocycles. The van der Waals surface area contributed by atoms with Gasteiger partial charge in [-0.25, -0.2) is 0 Å². The van der Waals surface area contributed by atoms with Crippen molar-refractivity contribution in [1.82, 2.24) is 0 Å². The van der Waals surface area contributed by atoms with Gasteiger partial charge in [0.2, 0.25) is 0 Å². The van der Waals surface area contributed by atoms with Crippen LogP contribution >= 0.6 is 23.2 Å². The molecule has 3 rings (SSSR count). The molecule has 2 nitrogen and oxygen atoms in total. The maximum Gasteiger partial charge on any atom is 0.127 e. The van der Waals surface area contributed by atoms with E-state index in [0.717, 1.165) is 34.6 Å². The normalized spacial score (nSPS) is 14.4. The van der Waals surface area contributed by atoms with Crippen molar-refractivity contribution in [3.8, 4) is 11.5 Å². The number of hydrogen-bond acceptors (Lipinski definition) is 2.